The number of pyridine rings is 1. The average Bonchev–Trinajstić information content (AvgIpc) is 3.00. The lowest BCUT2D eigenvalue weighted by Crippen LogP contribution is -2.52. The van der Waals surface area contributed by atoms with Crippen LogP contribution in [0.2, 0.25) is 0 Å². The molecule has 0 spiro atoms. The Balaban J connectivity index is 1.88. The molecule has 0 unspecified atom stereocenters. The minimum Gasteiger partial charge on any atom is -0.480 e. The van der Waals surface area contributed by atoms with E-state index in [4.69, 9.17) is 4.74 Å². The van der Waals surface area contributed by atoms with E-state index in [0.717, 1.165) is 30.5 Å². The van der Waals surface area contributed by atoms with Crippen molar-refractivity contribution >= 4 is 5.91 Å². The summed E-state index contributed by atoms with van der Waals surface area (Å²) in [5.41, 5.74) is 1.37. The topological polar surface area (TPSA) is 82.9 Å². The van der Waals surface area contributed by atoms with E-state index in [1.807, 2.05) is 6.07 Å². The number of amides is 1. The van der Waals surface area contributed by atoms with Gasteiger partial charge in [0.2, 0.25) is 5.88 Å². The number of ether oxygens (including phenoxy) is 1. The lowest BCUT2D eigenvalue weighted by atomic mass is 9.93. The fourth-order valence-corrected chi connectivity index (χ4v) is 3.35. The van der Waals surface area contributed by atoms with Gasteiger partial charge in [0.25, 0.3) is 5.91 Å². The van der Waals surface area contributed by atoms with Gasteiger partial charge in [-0.2, -0.15) is 0 Å². The van der Waals surface area contributed by atoms with Crippen molar-refractivity contribution in [2.45, 2.75) is 37.7 Å². The standard InChI is InChI=1S/C16H22N2O4/c1-22-14-12(8-11-4-2-5-13(11)17-14)15(20)18-7-3-6-16(21,9-18)10-19/h8,19,21H,2-7,9-10H2,1H3/t16-/m0/s1. The number of nitrogens with zero attached hydrogens (tertiary/aromatic N) is 2. The zero-order valence-corrected chi connectivity index (χ0v) is 12.8. The molecule has 1 aromatic rings. The molecule has 6 nitrogen and oxygen atoms in total. The van der Waals surface area contributed by atoms with Crippen molar-refractivity contribution in [3.8, 4) is 5.88 Å². The van der Waals surface area contributed by atoms with E-state index in [1.54, 1.807) is 4.90 Å². The molecule has 22 heavy (non-hydrogen) atoms. The Morgan fingerprint density at radius 3 is 3.00 bits per heavy atom. The normalized spacial score (nSPS) is 24.2. The Kier molecular flexibility index (Phi) is 4.06. The summed E-state index contributed by atoms with van der Waals surface area (Å²) in [6.07, 6.45) is 4.09. The van der Waals surface area contributed by atoms with Crippen LogP contribution in [-0.4, -0.2) is 58.4 Å². The summed E-state index contributed by atoms with van der Waals surface area (Å²) < 4.78 is 5.29. The number of piperidine rings is 1. The molecule has 2 aliphatic rings. The Morgan fingerprint density at radius 2 is 2.27 bits per heavy atom. The van der Waals surface area contributed by atoms with Gasteiger partial charge in [0, 0.05) is 12.2 Å². The summed E-state index contributed by atoms with van der Waals surface area (Å²) in [7, 11) is 1.51. The number of methoxy groups -OCH3 is 1. The van der Waals surface area contributed by atoms with Gasteiger partial charge in [0.05, 0.1) is 20.3 Å². The second kappa shape index (κ2) is 5.85. The van der Waals surface area contributed by atoms with Crippen molar-refractivity contribution in [1.29, 1.82) is 0 Å². The highest BCUT2D eigenvalue weighted by Crippen LogP contribution is 2.29. The number of aryl methyl sites for hydroxylation is 2. The summed E-state index contributed by atoms with van der Waals surface area (Å²) in [4.78, 5) is 18.8. The van der Waals surface area contributed by atoms with Crippen LogP contribution < -0.4 is 4.74 Å². The van der Waals surface area contributed by atoms with Crippen molar-refractivity contribution in [3.05, 3.63) is 22.9 Å². The van der Waals surface area contributed by atoms with E-state index >= 15 is 0 Å². The van der Waals surface area contributed by atoms with Crippen molar-refractivity contribution < 1.29 is 19.7 Å². The molecule has 0 saturated carbocycles. The molecule has 2 heterocycles. The van der Waals surface area contributed by atoms with Crippen molar-refractivity contribution in [2.75, 3.05) is 26.8 Å². The summed E-state index contributed by atoms with van der Waals surface area (Å²) in [5.74, 6) is 0.161. The maximum Gasteiger partial charge on any atom is 0.259 e. The lowest BCUT2D eigenvalue weighted by molar-refractivity contribution is -0.0598. The van der Waals surface area contributed by atoms with E-state index in [-0.39, 0.29) is 19.1 Å². The van der Waals surface area contributed by atoms with E-state index in [1.165, 1.54) is 7.11 Å². The molecule has 1 saturated heterocycles. The molecular weight excluding hydrogens is 284 g/mol. The van der Waals surface area contributed by atoms with Gasteiger partial charge in [-0.05, 0) is 43.7 Å². The summed E-state index contributed by atoms with van der Waals surface area (Å²) in [5, 5.41) is 19.6. The number of aromatic nitrogens is 1. The second-order valence-electron chi connectivity index (χ2n) is 6.22. The molecule has 2 N–H and O–H groups in total. The lowest BCUT2D eigenvalue weighted by Gasteiger charge is -2.38. The predicted octanol–water partition coefficient (Wildman–Crippen LogP) is 0.538. The minimum absolute atomic E-state index is 0.141. The van der Waals surface area contributed by atoms with Crippen LogP contribution in [-0.2, 0) is 12.8 Å². The van der Waals surface area contributed by atoms with Gasteiger partial charge in [-0.25, -0.2) is 4.98 Å². The van der Waals surface area contributed by atoms with Gasteiger partial charge in [-0.1, -0.05) is 0 Å². The first-order valence-electron chi connectivity index (χ1n) is 7.75. The monoisotopic (exact) mass is 306 g/mol. The first-order valence-corrected chi connectivity index (χ1v) is 7.75. The number of hydrogen-bond acceptors (Lipinski definition) is 5. The fourth-order valence-electron chi connectivity index (χ4n) is 3.35. The highest BCUT2D eigenvalue weighted by Gasteiger charge is 2.36. The Morgan fingerprint density at radius 1 is 1.45 bits per heavy atom. The first kappa shape index (κ1) is 15.2. The fraction of sp³-hybridized carbons (Fsp3) is 0.625. The number of aliphatic hydroxyl groups is 2. The molecular formula is C16H22N2O4. The molecule has 3 rings (SSSR count). The highest BCUT2D eigenvalue weighted by atomic mass is 16.5. The molecule has 1 atom stereocenters. The van der Waals surface area contributed by atoms with E-state index in [2.05, 4.69) is 4.98 Å². The average molecular weight is 306 g/mol. The van der Waals surface area contributed by atoms with Crippen LogP contribution >= 0.6 is 0 Å². The number of β-amino-alcohol motifs (C(OH)–C–C–N with tert-alkyl or cyclic N) is 1. The molecule has 1 aliphatic carbocycles. The van der Waals surface area contributed by atoms with Gasteiger partial charge in [0.1, 0.15) is 11.2 Å². The maximum atomic E-state index is 12.8. The second-order valence-corrected chi connectivity index (χ2v) is 6.22. The number of fused-ring (bicyclic) bond motifs is 1. The number of carbonyl (C=O) groups is 1. The maximum absolute atomic E-state index is 12.8. The minimum atomic E-state index is -1.20. The van der Waals surface area contributed by atoms with E-state index in [0.29, 0.717) is 30.8 Å². The van der Waals surface area contributed by atoms with Crippen LogP contribution in [0.3, 0.4) is 0 Å². The third-order valence-corrected chi connectivity index (χ3v) is 4.58. The highest BCUT2D eigenvalue weighted by molar-refractivity contribution is 5.96. The summed E-state index contributed by atoms with van der Waals surface area (Å²) in [6.45, 7) is 0.375. The van der Waals surface area contributed by atoms with E-state index < -0.39 is 5.60 Å². The molecule has 1 fully saturated rings. The van der Waals surface area contributed by atoms with Crippen LogP contribution in [0, 0.1) is 0 Å². The van der Waals surface area contributed by atoms with Gasteiger partial charge in [0.15, 0.2) is 0 Å². The van der Waals surface area contributed by atoms with Crippen LogP contribution in [0.4, 0.5) is 0 Å². The Labute approximate surface area is 129 Å². The number of rotatable bonds is 3. The van der Waals surface area contributed by atoms with Crippen LogP contribution in [0.5, 0.6) is 5.88 Å². The van der Waals surface area contributed by atoms with E-state index in [9.17, 15) is 15.0 Å². The van der Waals surface area contributed by atoms with Crippen molar-refractivity contribution in [3.63, 3.8) is 0 Å². The predicted molar refractivity (Wildman–Crippen MR) is 80.0 cm³/mol. The zero-order valence-electron chi connectivity index (χ0n) is 12.8. The van der Waals surface area contributed by atoms with Gasteiger partial charge in [-0.3, -0.25) is 4.79 Å². The smallest absolute Gasteiger partial charge is 0.259 e. The quantitative estimate of drug-likeness (QED) is 0.851. The van der Waals surface area contributed by atoms with Crippen molar-refractivity contribution in [1.82, 2.24) is 9.88 Å². The van der Waals surface area contributed by atoms with Crippen LogP contribution in [0.15, 0.2) is 6.07 Å². The first-order chi connectivity index (χ1) is 10.6. The van der Waals surface area contributed by atoms with Gasteiger partial charge in [-0.15, -0.1) is 0 Å². The molecule has 1 aliphatic heterocycles. The molecule has 0 radical (unpaired) electrons. The third kappa shape index (κ3) is 2.68. The van der Waals surface area contributed by atoms with Gasteiger partial charge < -0.3 is 19.8 Å². The zero-order chi connectivity index (χ0) is 15.7. The molecule has 6 heteroatoms. The number of likely N-dealkylation sites (tertiary alicyclic amines) is 1. The summed E-state index contributed by atoms with van der Waals surface area (Å²) in [6, 6.07) is 1.88. The number of hydrogen-bond donors (Lipinski definition) is 2. The SMILES string of the molecule is COc1nc2c(cc1C(=O)N1CCC[C@@](O)(CO)C1)CCC2. The Bertz CT molecular complexity index is 590. The summed E-state index contributed by atoms with van der Waals surface area (Å²) >= 11 is 0. The molecule has 1 amide bonds. The number of carbonyl (C=O) groups excluding carboxylic acids is 1. The van der Waals surface area contributed by atoms with Crippen LogP contribution in [0.25, 0.3) is 0 Å². The third-order valence-electron chi connectivity index (χ3n) is 4.58. The molecule has 0 aromatic carbocycles. The molecule has 0 bridgehead atoms. The van der Waals surface area contributed by atoms with Gasteiger partial charge >= 0.3 is 0 Å². The Hall–Kier alpha value is -1.66. The molecule has 1 aromatic heterocycles. The molecule has 120 valence electrons. The largest absolute Gasteiger partial charge is 0.480 e. The number of aliphatic hydroxyl groups excluding tert-OH is 1. The van der Waals surface area contributed by atoms with Crippen molar-refractivity contribution in [2.24, 2.45) is 0 Å². The van der Waals surface area contributed by atoms with Crippen LogP contribution in [0.1, 0.15) is 40.9 Å².